The molecule has 1 fully saturated rings. The molecule has 0 bridgehead atoms. The molecular weight excluding hydrogens is 254 g/mol. The molecule has 102 valence electrons. The Morgan fingerprint density at radius 2 is 2.21 bits per heavy atom. The normalized spacial score (nSPS) is 30.2. The van der Waals surface area contributed by atoms with Gasteiger partial charge >= 0.3 is 5.69 Å². The van der Waals surface area contributed by atoms with Gasteiger partial charge in [-0.1, -0.05) is 5.92 Å². The summed E-state index contributed by atoms with van der Waals surface area (Å²) in [6.45, 7) is -0.492. The van der Waals surface area contributed by atoms with E-state index in [2.05, 4.69) is 10.9 Å². The first-order valence-electron chi connectivity index (χ1n) is 5.47. The molecule has 1 aliphatic heterocycles. The maximum absolute atomic E-state index is 11.7. The molecular formula is C11H13N3O5. The van der Waals surface area contributed by atoms with Crippen molar-refractivity contribution in [3.8, 4) is 12.3 Å². The lowest BCUT2D eigenvalue weighted by Gasteiger charge is -2.17. The van der Waals surface area contributed by atoms with Gasteiger partial charge in [0.05, 0.1) is 12.2 Å². The molecule has 8 nitrogen and oxygen atoms in total. The molecule has 0 unspecified atom stereocenters. The zero-order valence-corrected chi connectivity index (χ0v) is 9.80. The topological polar surface area (TPSA) is 131 Å². The minimum Gasteiger partial charge on any atom is -0.394 e. The number of nitrogen functional groups attached to an aromatic ring is 1. The van der Waals surface area contributed by atoms with Crippen molar-refractivity contribution in [3.63, 3.8) is 0 Å². The van der Waals surface area contributed by atoms with E-state index in [1.165, 1.54) is 6.20 Å². The number of aliphatic hydroxyl groups is 3. The van der Waals surface area contributed by atoms with Gasteiger partial charge in [-0.15, -0.1) is 6.42 Å². The summed E-state index contributed by atoms with van der Waals surface area (Å²) in [6, 6.07) is 0. The van der Waals surface area contributed by atoms with Crippen LogP contribution in [0.1, 0.15) is 11.8 Å². The lowest BCUT2D eigenvalue weighted by molar-refractivity contribution is -0.0549. The van der Waals surface area contributed by atoms with E-state index in [-0.39, 0.29) is 11.4 Å². The Labute approximate surface area is 108 Å². The van der Waals surface area contributed by atoms with Crippen LogP contribution in [0.4, 0.5) is 5.82 Å². The molecule has 0 aromatic carbocycles. The van der Waals surface area contributed by atoms with Gasteiger partial charge in [0.1, 0.15) is 24.1 Å². The highest BCUT2D eigenvalue weighted by atomic mass is 16.6. The number of anilines is 1. The molecule has 5 N–H and O–H groups in total. The number of hydrogen-bond acceptors (Lipinski definition) is 7. The highest BCUT2D eigenvalue weighted by Crippen LogP contribution is 2.28. The second-order valence-electron chi connectivity index (χ2n) is 4.10. The van der Waals surface area contributed by atoms with Crippen molar-refractivity contribution in [2.24, 2.45) is 0 Å². The maximum Gasteiger partial charge on any atom is 0.351 e. The maximum atomic E-state index is 11.7. The van der Waals surface area contributed by atoms with Gasteiger partial charge < -0.3 is 25.8 Å². The smallest absolute Gasteiger partial charge is 0.351 e. The van der Waals surface area contributed by atoms with Crippen molar-refractivity contribution in [1.29, 1.82) is 0 Å². The van der Waals surface area contributed by atoms with E-state index < -0.39 is 36.8 Å². The van der Waals surface area contributed by atoms with Crippen LogP contribution in [0.3, 0.4) is 0 Å². The number of aromatic nitrogens is 2. The van der Waals surface area contributed by atoms with Crippen molar-refractivity contribution < 1.29 is 20.1 Å². The van der Waals surface area contributed by atoms with Crippen LogP contribution in [-0.4, -0.2) is 49.8 Å². The first-order chi connectivity index (χ1) is 8.99. The average Bonchev–Trinajstić information content (AvgIpc) is 2.67. The van der Waals surface area contributed by atoms with Crippen LogP contribution in [0.25, 0.3) is 0 Å². The minimum atomic E-state index is -1.38. The first-order valence-corrected chi connectivity index (χ1v) is 5.47. The van der Waals surface area contributed by atoms with E-state index in [1.54, 1.807) is 0 Å². The van der Waals surface area contributed by atoms with E-state index in [0.717, 1.165) is 4.57 Å². The Hall–Kier alpha value is -1.92. The van der Waals surface area contributed by atoms with Crippen molar-refractivity contribution in [2.75, 3.05) is 12.3 Å². The van der Waals surface area contributed by atoms with Gasteiger partial charge in [-0.3, -0.25) is 4.57 Å². The lowest BCUT2D eigenvalue weighted by Crippen LogP contribution is -2.36. The first kappa shape index (κ1) is 13.5. The molecule has 1 aliphatic rings. The van der Waals surface area contributed by atoms with E-state index in [0.29, 0.717) is 0 Å². The summed E-state index contributed by atoms with van der Waals surface area (Å²) in [7, 11) is 0. The Balaban J connectivity index is 2.44. The summed E-state index contributed by atoms with van der Waals surface area (Å²) in [5, 5.41) is 28.4. The molecule has 0 radical (unpaired) electrons. The Morgan fingerprint density at radius 3 is 2.74 bits per heavy atom. The second kappa shape index (κ2) is 4.99. The van der Waals surface area contributed by atoms with Crippen molar-refractivity contribution in [3.05, 3.63) is 22.2 Å². The number of terminal acetylenes is 1. The average molecular weight is 267 g/mol. The monoisotopic (exact) mass is 267 g/mol. The highest BCUT2D eigenvalue weighted by molar-refractivity contribution is 5.47. The number of hydrogen-bond donors (Lipinski definition) is 4. The summed E-state index contributed by atoms with van der Waals surface area (Å²) >= 11 is 0. The molecule has 0 amide bonds. The minimum absolute atomic E-state index is 0.101. The lowest BCUT2D eigenvalue weighted by atomic mass is 10.1. The third-order valence-electron chi connectivity index (χ3n) is 2.93. The second-order valence-corrected chi connectivity index (χ2v) is 4.10. The summed E-state index contributed by atoms with van der Waals surface area (Å²) in [6.07, 6.45) is 1.56. The zero-order valence-electron chi connectivity index (χ0n) is 9.80. The molecule has 1 aromatic heterocycles. The van der Waals surface area contributed by atoms with Crippen LogP contribution in [0, 0.1) is 12.3 Å². The van der Waals surface area contributed by atoms with Crippen LogP contribution in [0.2, 0.25) is 0 Å². The Bertz CT molecular complexity index is 579. The predicted octanol–water partition coefficient (Wildman–Crippen LogP) is -2.58. The molecule has 2 heterocycles. The van der Waals surface area contributed by atoms with Crippen molar-refractivity contribution >= 4 is 5.82 Å². The van der Waals surface area contributed by atoms with Crippen LogP contribution in [0.15, 0.2) is 11.0 Å². The van der Waals surface area contributed by atoms with Gasteiger partial charge in [-0.05, 0) is 0 Å². The van der Waals surface area contributed by atoms with Crippen LogP contribution in [-0.2, 0) is 4.74 Å². The molecule has 8 heteroatoms. The van der Waals surface area contributed by atoms with Gasteiger partial charge in [-0.2, -0.15) is 4.98 Å². The third-order valence-corrected chi connectivity index (χ3v) is 2.93. The molecule has 4 atom stereocenters. The molecule has 2 rings (SSSR count). The Morgan fingerprint density at radius 1 is 1.53 bits per heavy atom. The van der Waals surface area contributed by atoms with Crippen LogP contribution in [0.5, 0.6) is 0 Å². The summed E-state index contributed by atoms with van der Waals surface area (Å²) < 4.78 is 6.14. The van der Waals surface area contributed by atoms with Gasteiger partial charge in [0, 0.05) is 6.20 Å². The molecule has 0 aliphatic carbocycles. The quantitative estimate of drug-likeness (QED) is 0.433. The van der Waals surface area contributed by atoms with Gasteiger partial charge in [0.2, 0.25) is 0 Å². The number of aliphatic hydroxyl groups excluding tert-OH is 3. The number of ether oxygens (including phenoxy) is 1. The molecule has 1 aromatic rings. The largest absolute Gasteiger partial charge is 0.394 e. The van der Waals surface area contributed by atoms with Crippen molar-refractivity contribution in [2.45, 2.75) is 24.5 Å². The molecule has 0 spiro atoms. The fourth-order valence-corrected chi connectivity index (χ4v) is 1.88. The van der Waals surface area contributed by atoms with Crippen LogP contribution < -0.4 is 11.4 Å². The highest BCUT2D eigenvalue weighted by Gasteiger charge is 2.43. The van der Waals surface area contributed by atoms with Gasteiger partial charge in [0.15, 0.2) is 6.23 Å². The van der Waals surface area contributed by atoms with Crippen molar-refractivity contribution in [1.82, 2.24) is 9.55 Å². The number of nitrogens with zero attached hydrogens (tertiary/aromatic N) is 2. The molecule has 1 saturated heterocycles. The predicted molar refractivity (Wildman–Crippen MR) is 63.9 cm³/mol. The fourth-order valence-electron chi connectivity index (χ4n) is 1.88. The van der Waals surface area contributed by atoms with E-state index in [1.807, 2.05) is 0 Å². The van der Waals surface area contributed by atoms with E-state index in [9.17, 15) is 15.0 Å². The summed E-state index contributed by atoms with van der Waals surface area (Å²) in [5.41, 5.74) is 4.85. The number of rotatable bonds is 2. The fraction of sp³-hybridized carbons (Fsp3) is 0.455. The summed E-state index contributed by atoms with van der Waals surface area (Å²) in [4.78, 5) is 15.2. The SMILES string of the molecule is C#Cc1cn([C@@H]2O[C@H](CO)[C@@H](O)[C@@H]2O)c(=O)nc1N. The van der Waals surface area contributed by atoms with E-state index in [4.69, 9.17) is 22.0 Å². The number of nitrogens with two attached hydrogens (primary N) is 1. The molecule has 0 saturated carbocycles. The standard InChI is InChI=1S/C11H13N3O5/c1-2-5-3-14(11(18)13-9(5)12)10-8(17)7(16)6(4-15)19-10/h1,3,6-8,10,15-17H,4H2,(H2,12,13,18)/t6-,7-,8+,10-/m1/s1. The van der Waals surface area contributed by atoms with Crippen LogP contribution >= 0.6 is 0 Å². The Kier molecular flexibility index (Phi) is 3.55. The molecule has 19 heavy (non-hydrogen) atoms. The summed E-state index contributed by atoms with van der Waals surface area (Å²) in [5.74, 6) is 2.14. The zero-order chi connectivity index (χ0) is 14.2. The van der Waals surface area contributed by atoms with Gasteiger partial charge in [0.25, 0.3) is 0 Å². The third kappa shape index (κ3) is 2.20. The van der Waals surface area contributed by atoms with Gasteiger partial charge in [-0.25, -0.2) is 4.79 Å². The van der Waals surface area contributed by atoms with E-state index >= 15 is 0 Å².